The zero-order valence-electron chi connectivity index (χ0n) is 40.1. The van der Waals surface area contributed by atoms with Crippen LogP contribution in [-0.4, -0.2) is 37.2 Å². The van der Waals surface area contributed by atoms with Gasteiger partial charge in [0.15, 0.2) is 6.10 Å². The summed E-state index contributed by atoms with van der Waals surface area (Å²) in [4.78, 5) is 37.9. The van der Waals surface area contributed by atoms with Crippen molar-refractivity contribution in [1.82, 2.24) is 0 Å². The summed E-state index contributed by atoms with van der Waals surface area (Å²) in [6.45, 7) is 6.43. The summed E-state index contributed by atoms with van der Waals surface area (Å²) in [5.41, 5.74) is 0. The van der Waals surface area contributed by atoms with Crippen LogP contribution in [0.4, 0.5) is 0 Å². The van der Waals surface area contributed by atoms with Crippen molar-refractivity contribution < 1.29 is 28.6 Å². The Bertz CT molecular complexity index is 1260. The molecule has 0 heterocycles. The molecule has 0 spiro atoms. The summed E-state index contributed by atoms with van der Waals surface area (Å²) < 4.78 is 16.7. The highest BCUT2D eigenvalue weighted by molar-refractivity contribution is 5.71. The van der Waals surface area contributed by atoms with Gasteiger partial charge in [0.05, 0.1) is 0 Å². The molecule has 0 saturated heterocycles. The van der Waals surface area contributed by atoms with Crippen LogP contribution in [0.2, 0.25) is 0 Å². The van der Waals surface area contributed by atoms with Crippen LogP contribution in [0.15, 0.2) is 97.2 Å². The number of allylic oxidation sites excluding steroid dienone is 16. The quantitative estimate of drug-likeness (QED) is 0.0200. The van der Waals surface area contributed by atoms with Crippen molar-refractivity contribution in [1.29, 1.82) is 0 Å². The maximum Gasteiger partial charge on any atom is 0.306 e. The van der Waals surface area contributed by atoms with Gasteiger partial charge in [0.2, 0.25) is 0 Å². The van der Waals surface area contributed by atoms with E-state index in [0.29, 0.717) is 12.8 Å². The smallest absolute Gasteiger partial charge is 0.306 e. The molecule has 62 heavy (non-hydrogen) atoms. The molecule has 0 aliphatic heterocycles. The molecule has 0 rings (SSSR count). The maximum absolute atomic E-state index is 12.8. The number of carbonyl (C=O) groups is 3. The van der Waals surface area contributed by atoms with E-state index in [1.807, 2.05) is 36.5 Å². The summed E-state index contributed by atoms with van der Waals surface area (Å²) in [6.07, 6.45) is 65.3. The van der Waals surface area contributed by atoms with E-state index in [9.17, 15) is 14.4 Å². The molecule has 0 aliphatic rings. The van der Waals surface area contributed by atoms with Crippen LogP contribution in [0.25, 0.3) is 0 Å². The third-order valence-corrected chi connectivity index (χ3v) is 10.4. The average Bonchev–Trinajstić information content (AvgIpc) is 3.27. The van der Waals surface area contributed by atoms with Gasteiger partial charge in [-0.25, -0.2) is 0 Å². The van der Waals surface area contributed by atoms with Crippen molar-refractivity contribution in [2.24, 2.45) is 0 Å². The fraction of sp³-hybridized carbons (Fsp3) is 0.661. The highest BCUT2D eigenvalue weighted by Gasteiger charge is 2.19. The van der Waals surface area contributed by atoms with Gasteiger partial charge >= 0.3 is 17.9 Å². The summed E-state index contributed by atoms with van der Waals surface area (Å²) in [6, 6.07) is 0. The number of unbranched alkanes of at least 4 members (excludes halogenated alkanes) is 22. The standard InChI is InChI=1S/C56H92O6/c1-4-7-10-13-16-19-22-24-26-28-29-31-32-34-37-40-43-46-49-55(58)61-52-53(51-60-54(57)48-45-42-39-36-21-18-15-12-9-6-3)62-56(59)50-47-44-41-38-35-33-30-27-25-23-20-17-14-11-8-5-2/h10,13,15-16,18-19,22,24,26-31,33,35,53H,4-9,11-12,14,17,20-21,23,25,32,34,36-52H2,1-3H3/b13-10-,18-15-,19-16-,24-22-,28-26-,30-27-,31-29-,35-33-. The Balaban J connectivity index is 4.48. The Kier molecular flexibility index (Phi) is 47.0. The lowest BCUT2D eigenvalue weighted by molar-refractivity contribution is -0.167. The van der Waals surface area contributed by atoms with Gasteiger partial charge in [-0.3, -0.25) is 14.4 Å². The van der Waals surface area contributed by atoms with Crippen molar-refractivity contribution in [3.8, 4) is 0 Å². The Labute approximate surface area is 381 Å². The van der Waals surface area contributed by atoms with Gasteiger partial charge in [0.1, 0.15) is 13.2 Å². The molecule has 1 atom stereocenters. The Morgan fingerprint density at radius 1 is 0.323 bits per heavy atom. The van der Waals surface area contributed by atoms with Crippen LogP contribution in [0.1, 0.15) is 220 Å². The van der Waals surface area contributed by atoms with E-state index < -0.39 is 6.10 Å². The van der Waals surface area contributed by atoms with Crippen LogP contribution >= 0.6 is 0 Å². The molecule has 1 unspecified atom stereocenters. The van der Waals surface area contributed by atoms with E-state index >= 15 is 0 Å². The van der Waals surface area contributed by atoms with E-state index in [4.69, 9.17) is 14.2 Å². The van der Waals surface area contributed by atoms with Crippen molar-refractivity contribution in [2.45, 2.75) is 226 Å². The molecule has 0 aliphatic carbocycles. The highest BCUT2D eigenvalue weighted by Crippen LogP contribution is 2.13. The molecular formula is C56H92O6. The molecule has 0 radical (unpaired) electrons. The third-order valence-electron chi connectivity index (χ3n) is 10.4. The first kappa shape index (κ1) is 58.3. The molecule has 0 aromatic heterocycles. The maximum atomic E-state index is 12.8. The molecule has 6 nitrogen and oxygen atoms in total. The first-order chi connectivity index (χ1) is 30.5. The molecule has 0 saturated carbocycles. The molecule has 0 aromatic rings. The summed E-state index contributed by atoms with van der Waals surface area (Å²) in [5, 5.41) is 0. The van der Waals surface area contributed by atoms with E-state index in [1.165, 1.54) is 64.2 Å². The zero-order valence-corrected chi connectivity index (χ0v) is 40.1. The minimum absolute atomic E-state index is 0.104. The second-order valence-corrected chi connectivity index (χ2v) is 16.5. The molecule has 0 fully saturated rings. The summed E-state index contributed by atoms with van der Waals surface area (Å²) in [7, 11) is 0. The molecular weight excluding hydrogens is 769 g/mol. The first-order valence-electron chi connectivity index (χ1n) is 25.3. The van der Waals surface area contributed by atoms with Gasteiger partial charge in [-0.1, -0.05) is 214 Å². The van der Waals surface area contributed by atoms with Crippen LogP contribution in [-0.2, 0) is 28.6 Å². The Hall–Kier alpha value is -3.67. The predicted octanol–water partition coefficient (Wildman–Crippen LogP) is 16.6. The number of hydrogen-bond acceptors (Lipinski definition) is 6. The molecule has 0 N–H and O–H groups in total. The van der Waals surface area contributed by atoms with Crippen molar-refractivity contribution in [3.05, 3.63) is 97.2 Å². The van der Waals surface area contributed by atoms with Gasteiger partial charge < -0.3 is 14.2 Å². The number of carbonyl (C=O) groups excluding carboxylic acids is 3. The molecule has 352 valence electrons. The van der Waals surface area contributed by atoms with E-state index in [1.54, 1.807) is 0 Å². The first-order valence-corrected chi connectivity index (χ1v) is 25.3. The molecule has 0 aromatic carbocycles. The largest absolute Gasteiger partial charge is 0.462 e. The van der Waals surface area contributed by atoms with Gasteiger partial charge in [0, 0.05) is 19.3 Å². The van der Waals surface area contributed by atoms with Crippen LogP contribution in [0.3, 0.4) is 0 Å². The van der Waals surface area contributed by atoms with E-state index in [0.717, 1.165) is 116 Å². The van der Waals surface area contributed by atoms with E-state index in [2.05, 4.69) is 81.5 Å². The zero-order chi connectivity index (χ0) is 45.1. The lowest BCUT2D eigenvalue weighted by Crippen LogP contribution is -2.30. The van der Waals surface area contributed by atoms with Crippen LogP contribution in [0, 0.1) is 0 Å². The Morgan fingerprint density at radius 2 is 0.645 bits per heavy atom. The van der Waals surface area contributed by atoms with Crippen LogP contribution < -0.4 is 0 Å². The minimum atomic E-state index is -0.806. The molecule has 0 bridgehead atoms. The summed E-state index contributed by atoms with van der Waals surface area (Å²) >= 11 is 0. The Morgan fingerprint density at radius 3 is 1.10 bits per heavy atom. The van der Waals surface area contributed by atoms with Gasteiger partial charge in [-0.2, -0.15) is 0 Å². The summed E-state index contributed by atoms with van der Waals surface area (Å²) in [5.74, 6) is -0.974. The predicted molar refractivity (Wildman–Crippen MR) is 265 cm³/mol. The van der Waals surface area contributed by atoms with Crippen molar-refractivity contribution in [3.63, 3.8) is 0 Å². The fourth-order valence-electron chi connectivity index (χ4n) is 6.56. The number of esters is 3. The van der Waals surface area contributed by atoms with E-state index in [-0.39, 0.29) is 37.5 Å². The lowest BCUT2D eigenvalue weighted by atomic mass is 10.1. The highest BCUT2D eigenvalue weighted by atomic mass is 16.6. The SMILES string of the molecule is CCC\C=C/C=C\C=C/C=C\C=C/CCCCCCCC(=O)OCC(COC(=O)CCCCCC/C=C\CCCC)OC(=O)CCCCC/C=C\C=C/CCCCCCCCC. The monoisotopic (exact) mass is 861 g/mol. The lowest BCUT2D eigenvalue weighted by Gasteiger charge is -2.18. The number of ether oxygens (including phenoxy) is 3. The third kappa shape index (κ3) is 47.4. The minimum Gasteiger partial charge on any atom is -0.462 e. The second kappa shape index (κ2) is 50.0. The molecule has 0 amide bonds. The fourth-order valence-corrected chi connectivity index (χ4v) is 6.56. The van der Waals surface area contributed by atoms with Gasteiger partial charge in [0.25, 0.3) is 0 Å². The second-order valence-electron chi connectivity index (χ2n) is 16.5. The number of rotatable bonds is 44. The van der Waals surface area contributed by atoms with Gasteiger partial charge in [-0.05, 0) is 83.5 Å². The number of hydrogen-bond donors (Lipinski definition) is 0. The van der Waals surface area contributed by atoms with Crippen LogP contribution in [0.5, 0.6) is 0 Å². The normalized spacial score (nSPS) is 12.9. The van der Waals surface area contributed by atoms with Crippen molar-refractivity contribution in [2.75, 3.05) is 13.2 Å². The van der Waals surface area contributed by atoms with Gasteiger partial charge in [-0.15, -0.1) is 0 Å². The van der Waals surface area contributed by atoms with Crippen molar-refractivity contribution >= 4 is 17.9 Å². The average molecular weight is 861 g/mol. The molecule has 6 heteroatoms. The topological polar surface area (TPSA) is 78.9 Å².